The number of nitrogens with zero attached hydrogens (tertiary/aromatic N) is 1. The molecule has 3 rings (SSSR count). The fourth-order valence-electron chi connectivity index (χ4n) is 3.01. The number of likely N-dealkylation sites (tertiary alicyclic amines) is 1. The Morgan fingerprint density at radius 3 is 2.30 bits per heavy atom. The highest BCUT2D eigenvalue weighted by Gasteiger charge is 2.45. The van der Waals surface area contributed by atoms with Gasteiger partial charge < -0.3 is 4.74 Å². The van der Waals surface area contributed by atoms with Crippen molar-refractivity contribution in [1.29, 1.82) is 0 Å². The van der Waals surface area contributed by atoms with E-state index in [9.17, 15) is 9.18 Å². The molecule has 0 aliphatic carbocycles. The lowest BCUT2D eigenvalue weighted by atomic mass is 9.90. The largest absolute Gasteiger partial charge is 0.425 e. The van der Waals surface area contributed by atoms with Crippen LogP contribution < -0.4 is 4.74 Å². The number of carbonyl (C=O) groups is 1. The molecule has 1 heterocycles. The van der Waals surface area contributed by atoms with E-state index in [0.717, 1.165) is 5.56 Å². The topological polar surface area (TPSA) is 29.5 Å². The fourth-order valence-corrected chi connectivity index (χ4v) is 3.01. The third kappa shape index (κ3) is 3.13. The number of halogens is 1. The van der Waals surface area contributed by atoms with E-state index in [1.54, 1.807) is 12.1 Å². The summed E-state index contributed by atoms with van der Waals surface area (Å²) in [5.41, 5.74) is -0.187. The van der Waals surface area contributed by atoms with E-state index >= 15 is 0 Å². The highest BCUT2D eigenvalue weighted by molar-refractivity contribution is 5.84. The van der Waals surface area contributed by atoms with Crippen LogP contribution in [0.4, 0.5) is 4.39 Å². The molecule has 1 aliphatic heterocycles. The Balaban J connectivity index is 1.93. The average Bonchev–Trinajstić information content (AvgIpc) is 3.02. The Hall–Kier alpha value is -2.20. The van der Waals surface area contributed by atoms with Crippen LogP contribution in [0.15, 0.2) is 60.7 Å². The van der Waals surface area contributed by atoms with E-state index in [-0.39, 0.29) is 12.5 Å². The molecule has 0 aromatic heterocycles. The lowest BCUT2D eigenvalue weighted by molar-refractivity contribution is -0.147. The second-order valence-corrected chi connectivity index (χ2v) is 5.97. The molecular formula is C19H20FNO2. The summed E-state index contributed by atoms with van der Waals surface area (Å²) in [5.74, 6) is 0.111. The smallest absolute Gasteiger partial charge is 0.336 e. The molecule has 1 aliphatic rings. The highest BCUT2D eigenvalue weighted by atomic mass is 19.1. The van der Waals surface area contributed by atoms with Crippen molar-refractivity contribution in [2.45, 2.75) is 25.1 Å². The summed E-state index contributed by atoms with van der Waals surface area (Å²) in [7, 11) is 0. The van der Waals surface area contributed by atoms with E-state index < -0.39 is 11.7 Å². The quantitative estimate of drug-likeness (QED) is 0.638. The summed E-state index contributed by atoms with van der Waals surface area (Å²) in [6, 6.07) is 18.4. The van der Waals surface area contributed by atoms with Crippen LogP contribution in [-0.4, -0.2) is 30.1 Å². The number of rotatable bonds is 4. The number of esters is 1. The van der Waals surface area contributed by atoms with Crippen molar-refractivity contribution in [2.75, 3.05) is 13.1 Å². The maximum Gasteiger partial charge on any atom is 0.336 e. The molecule has 4 heteroatoms. The van der Waals surface area contributed by atoms with Crippen LogP contribution >= 0.6 is 0 Å². The highest BCUT2D eigenvalue weighted by Crippen LogP contribution is 2.34. The van der Waals surface area contributed by atoms with Crippen molar-refractivity contribution >= 4 is 5.97 Å². The summed E-state index contributed by atoms with van der Waals surface area (Å²) in [6.45, 7) is 2.59. The predicted octanol–water partition coefficient (Wildman–Crippen LogP) is 3.55. The van der Waals surface area contributed by atoms with Gasteiger partial charge in [0.15, 0.2) is 0 Å². The molecule has 0 radical (unpaired) electrons. The van der Waals surface area contributed by atoms with Crippen molar-refractivity contribution in [2.24, 2.45) is 0 Å². The Kier molecular flexibility index (Phi) is 4.44. The van der Waals surface area contributed by atoms with E-state index in [0.29, 0.717) is 18.7 Å². The third-order valence-electron chi connectivity index (χ3n) is 4.45. The maximum atomic E-state index is 13.7. The molecule has 2 aromatic carbocycles. The monoisotopic (exact) mass is 313 g/mol. The summed E-state index contributed by atoms with van der Waals surface area (Å²) < 4.78 is 19.3. The van der Waals surface area contributed by atoms with Gasteiger partial charge in [-0.25, -0.2) is 9.18 Å². The van der Waals surface area contributed by atoms with Gasteiger partial charge in [-0.3, -0.25) is 4.90 Å². The molecule has 2 aromatic rings. The van der Waals surface area contributed by atoms with E-state index in [1.807, 2.05) is 60.4 Å². The lowest BCUT2D eigenvalue weighted by Crippen LogP contribution is -2.50. The minimum absolute atomic E-state index is 0.245. The van der Waals surface area contributed by atoms with Crippen LogP contribution in [0, 0.1) is 0 Å². The van der Waals surface area contributed by atoms with Crippen LogP contribution in [0.3, 0.4) is 0 Å². The zero-order valence-electron chi connectivity index (χ0n) is 13.1. The summed E-state index contributed by atoms with van der Waals surface area (Å²) >= 11 is 0. The van der Waals surface area contributed by atoms with Crippen molar-refractivity contribution < 1.29 is 13.9 Å². The molecule has 120 valence electrons. The fraction of sp³-hybridized carbons (Fsp3) is 0.316. The van der Waals surface area contributed by atoms with Gasteiger partial charge in [-0.15, -0.1) is 0 Å². The van der Waals surface area contributed by atoms with Gasteiger partial charge in [0.05, 0.1) is 0 Å². The predicted molar refractivity (Wildman–Crippen MR) is 87.0 cm³/mol. The summed E-state index contributed by atoms with van der Waals surface area (Å²) in [5, 5.41) is 0. The first-order chi connectivity index (χ1) is 11.1. The molecule has 1 fully saturated rings. The van der Waals surface area contributed by atoms with Crippen LogP contribution in [0.2, 0.25) is 0 Å². The minimum atomic E-state index is -1.00. The van der Waals surface area contributed by atoms with E-state index in [1.165, 1.54) is 0 Å². The number of ether oxygens (including phenoxy) is 1. The van der Waals surface area contributed by atoms with E-state index in [2.05, 4.69) is 0 Å². The molecule has 0 saturated carbocycles. The first-order valence-corrected chi connectivity index (χ1v) is 7.82. The molecule has 1 unspecified atom stereocenters. The maximum absolute atomic E-state index is 13.7. The number of carbonyl (C=O) groups excluding carboxylic acids is 1. The van der Waals surface area contributed by atoms with Crippen molar-refractivity contribution in [3.05, 3.63) is 66.2 Å². The van der Waals surface area contributed by atoms with Crippen molar-refractivity contribution in [3.8, 4) is 5.75 Å². The zero-order valence-corrected chi connectivity index (χ0v) is 13.1. The SMILES string of the molecule is CC(C(=O)Oc1ccccc1)(c1ccccc1)N1CC[C@H](F)C1. The van der Waals surface area contributed by atoms with Crippen LogP contribution in [-0.2, 0) is 10.3 Å². The minimum Gasteiger partial charge on any atom is -0.425 e. The Labute approximate surface area is 135 Å². The third-order valence-corrected chi connectivity index (χ3v) is 4.45. The van der Waals surface area contributed by atoms with Gasteiger partial charge in [-0.05, 0) is 31.0 Å². The second-order valence-electron chi connectivity index (χ2n) is 5.97. The van der Waals surface area contributed by atoms with Gasteiger partial charge in [0.2, 0.25) is 0 Å². The van der Waals surface area contributed by atoms with Crippen LogP contribution in [0.25, 0.3) is 0 Å². The summed E-state index contributed by atoms with van der Waals surface area (Å²) in [6.07, 6.45) is -0.455. The Morgan fingerprint density at radius 2 is 1.74 bits per heavy atom. The number of benzene rings is 2. The Bertz CT molecular complexity index is 662. The number of alkyl halides is 1. The van der Waals surface area contributed by atoms with Gasteiger partial charge >= 0.3 is 5.97 Å². The number of para-hydroxylation sites is 1. The normalized spacial score (nSPS) is 20.9. The molecule has 2 atom stereocenters. The molecular weight excluding hydrogens is 293 g/mol. The molecule has 3 nitrogen and oxygen atoms in total. The van der Waals surface area contributed by atoms with Gasteiger partial charge in [0, 0.05) is 13.1 Å². The van der Waals surface area contributed by atoms with Crippen molar-refractivity contribution in [3.63, 3.8) is 0 Å². The average molecular weight is 313 g/mol. The second kappa shape index (κ2) is 6.50. The van der Waals surface area contributed by atoms with Gasteiger partial charge in [0.25, 0.3) is 0 Å². The molecule has 1 saturated heterocycles. The van der Waals surface area contributed by atoms with Gasteiger partial charge in [0.1, 0.15) is 17.5 Å². The molecule has 0 bridgehead atoms. The van der Waals surface area contributed by atoms with Crippen LogP contribution in [0.5, 0.6) is 5.75 Å². The van der Waals surface area contributed by atoms with Gasteiger partial charge in [-0.2, -0.15) is 0 Å². The first-order valence-electron chi connectivity index (χ1n) is 7.82. The molecule has 0 spiro atoms. The summed E-state index contributed by atoms with van der Waals surface area (Å²) in [4.78, 5) is 14.8. The first kappa shape index (κ1) is 15.7. The van der Waals surface area contributed by atoms with E-state index in [4.69, 9.17) is 4.74 Å². The lowest BCUT2D eigenvalue weighted by Gasteiger charge is -2.36. The molecule has 0 amide bonds. The van der Waals surface area contributed by atoms with Crippen LogP contribution in [0.1, 0.15) is 18.9 Å². The standard InChI is InChI=1S/C19H20FNO2/c1-19(15-8-4-2-5-9-15,21-13-12-16(20)14-21)18(22)23-17-10-6-3-7-11-17/h2-11,16H,12-14H2,1H3/t16-,19?/m0/s1. The molecule has 23 heavy (non-hydrogen) atoms. The number of hydrogen-bond donors (Lipinski definition) is 0. The Morgan fingerprint density at radius 1 is 1.13 bits per heavy atom. The van der Waals surface area contributed by atoms with Crippen molar-refractivity contribution in [1.82, 2.24) is 4.90 Å². The number of hydrogen-bond acceptors (Lipinski definition) is 3. The zero-order chi connectivity index (χ0) is 16.3. The molecule has 0 N–H and O–H groups in total. The van der Waals surface area contributed by atoms with Gasteiger partial charge in [-0.1, -0.05) is 48.5 Å².